The maximum atomic E-state index is 12.2. The molecule has 0 fully saturated rings. The summed E-state index contributed by atoms with van der Waals surface area (Å²) < 4.78 is 0. The van der Waals surface area contributed by atoms with Gasteiger partial charge in [-0.15, -0.1) is 0 Å². The van der Waals surface area contributed by atoms with Crippen LogP contribution in [0.2, 0.25) is 0 Å². The van der Waals surface area contributed by atoms with E-state index in [1.54, 1.807) is 19.0 Å². The number of carbonyl (C=O) groups is 1. The largest absolute Gasteiger partial charge is 0.345 e. The first-order valence-corrected chi connectivity index (χ1v) is 6.17. The number of nitrogens with zero attached hydrogens (tertiary/aromatic N) is 2. The standard InChI is InChI=1S/C16H14N2O/c1-18(2)16(19)12-7-5-9-15-13(12)10-11-6-3-4-8-14(11)17-15/h3-10H,1-2H3. The zero-order valence-electron chi connectivity index (χ0n) is 10.9. The van der Waals surface area contributed by atoms with Gasteiger partial charge >= 0.3 is 0 Å². The summed E-state index contributed by atoms with van der Waals surface area (Å²) in [5.41, 5.74) is 2.50. The Labute approximate surface area is 111 Å². The SMILES string of the molecule is CN(C)C(=O)c1cccc2nc3ccccc3cc12. The van der Waals surface area contributed by atoms with Gasteiger partial charge in [-0.2, -0.15) is 0 Å². The van der Waals surface area contributed by atoms with E-state index in [0.29, 0.717) is 5.56 Å². The van der Waals surface area contributed by atoms with Gasteiger partial charge in [0.05, 0.1) is 11.0 Å². The molecule has 0 N–H and O–H groups in total. The van der Waals surface area contributed by atoms with E-state index in [4.69, 9.17) is 0 Å². The number of aromatic nitrogens is 1. The van der Waals surface area contributed by atoms with Crippen molar-refractivity contribution in [3.05, 3.63) is 54.1 Å². The van der Waals surface area contributed by atoms with E-state index in [0.717, 1.165) is 21.8 Å². The van der Waals surface area contributed by atoms with Crippen molar-refractivity contribution in [2.75, 3.05) is 14.1 Å². The molecule has 94 valence electrons. The molecule has 19 heavy (non-hydrogen) atoms. The van der Waals surface area contributed by atoms with Crippen LogP contribution in [0.15, 0.2) is 48.5 Å². The van der Waals surface area contributed by atoms with Gasteiger partial charge in [-0.3, -0.25) is 4.79 Å². The lowest BCUT2D eigenvalue weighted by molar-refractivity contribution is 0.0829. The zero-order chi connectivity index (χ0) is 13.4. The van der Waals surface area contributed by atoms with Crippen LogP contribution in [-0.2, 0) is 0 Å². The fraction of sp³-hybridized carbons (Fsp3) is 0.125. The van der Waals surface area contributed by atoms with Crippen molar-refractivity contribution >= 4 is 27.7 Å². The Kier molecular flexibility index (Phi) is 2.67. The molecular formula is C16H14N2O. The Bertz CT molecular complexity index is 778. The number of fused-ring (bicyclic) bond motifs is 2. The number of pyridine rings is 1. The monoisotopic (exact) mass is 250 g/mol. The summed E-state index contributed by atoms with van der Waals surface area (Å²) in [6.07, 6.45) is 0. The molecule has 2 aromatic carbocycles. The van der Waals surface area contributed by atoms with Crippen molar-refractivity contribution in [1.29, 1.82) is 0 Å². The Morgan fingerprint density at radius 2 is 1.74 bits per heavy atom. The van der Waals surface area contributed by atoms with Crippen molar-refractivity contribution in [2.24, 2.45) is 0 Å². The Hall–Kier alpha value is -2.42. The molecule has 0 atom stereocenters. The zero-order valence-corrected chi connectivity index (χ0v) is 10.9. The van der Waals surface area contributed by atoms with E-state index in [1.165, 1.54) is 0 Å². The molecule has 0 saturated heterocycles. The number of hydrogen-bond acceptors (Lipinski definition) is 2. The molecule has 0 bridgehead atoms. The van der Waals surface area contributed by atoms with Crippen LogP contribution in [0, 0.1) is 0 Å². The van der Waals surface area contributed by atoms with E-state index < -0.39 is 0 Å². The third kappa shape index (κ3) is 1.93. The maximum absolute atomic E-state index is 12.2. The summed E-state index contributed by atoms with van der Waals surface area (Å²) in [6, 6.07) is 15.6. The summed E-state index contributed by atoms with van der Waals surface area (Å²) in [7, 11) is 3.52. The lowest BCUT2D eigenvalue weighted by Crippen LogP contribution is -2.21. The van der Waals surface area contributed by atoms with Crippen molar-refractivity contribution in [3.63, 3.8) is 0 Å². The molecule has 3 nitrogen and oxygen atoms in total. The Morgan fingerprint density at radius 1 is 1.00 bits per heavy atom. The van der Waals surface area contributed by atoms with Crippen LogP contribution in [0.3, 0.4) is 0 Å². The molecular weight excluding hydrogens is 236 g/mol. The Balaban J connectivity index is 2.35. The molecule has 1 aromatic heterocycles. The van der Waals surface area contributed by atoms with Crippen molar-refractivity contribution in [2.45, 2.75) is 0 Å². The fourth-order valence-electron chi connectivity index (χ4n) is 2.23. The van der Waals surface area contributed by atoms with Crippen molar-refractivity contribution in [3.8, 4) is 0 Å². The van der Waals surface area contributed by atoms with Gasteiger partial charge in [0, 0.05) is 30.4 Å². The maximum Gasteiger partial charge on any atom is 0.254 e. The highest BCUT2D eigenvalue weighted by Gasteiger charge is 2.12. The predicted molar refractivity (Wildman–Crippen MR) is 77.3 cm³/mol. The number of hydrogen-bond donors (Lipinski definition) is 0. The third-order valence-electron chi connectivity index (χ3n) is 3.20. The van der Waals surface area contributed by atoms with Crippen LogP contribution < -0.4 is 0 Å². The van der Waals surface area contributed by atoms with E-state index in [2.05, 4.69) is 4.98 Å². The quantitative estimate of drug-likeness (QED) is 0.622. The average Bonchev–Trinajstić information content (AvgIpc) is 2.43. The van der Waals surface area contributed by atoms with Crippen LogP contribution in [-0.4, -0.2) is 29.9 Å². The number of carbonyl (C=O) groups excluding carboxylic acids is 1. The van der Waals surface area contributed by atoms with Crippen LogP contribution >= 0.6 is 0 Å². The minimum Gasteiger partial charge on any atom is -0.345 e. The van der Waals surface area contributed by atoms with Gasteiger partial charge in [0.1, 0.15) is 0 Å². The number of rotatable bonds is 1. The normalized spacial score (nSPS) is 10.8. The molecule has 0 aliphatic carbocycles. The van der Waals surface area contributed by atoms with Crippen molar-refractivity contribution < 1.29 is 4.79 Å². The molecule has 3 aromatic rings. The highest BCUT2D eigenvalue weighted by molar-refractivity contribution is 6.08. The molecule has 1 amide bonds. The summed E-state index contributed by atoms with van der Waals surface area (Å²) in [5, 5.41) is 1.95. The van der Waals surface area contributed by atoms with E-state index in [-0.39, 0.29) is 5.91 Å². The van der Waals surface area contributed by atoms with Crippen molar-refractivity contribution in [1.82, 2.24) is 9.88 Å². The highest BCUT2D eigenvalue weighted by atomic mass is 16.2. The molecule has 1 heterocycles. The summed E-state index contributed by atoms with van der Waals surface area (Å²) >= 11 is 0. The first kappa shape index (κ1) is 11.7. The molecule has 3 heteroatoms. The summed E-state index contributed by atoms with van der Waals surface area (Å²) in [4.78, 5) is 18.4. The molecule has 0 aliphatic rings. The van der Waals surface area contributed by atoms with Gasteiger partial charge in [0.2, 0.25) is 0 Å². The van der Waals surface area contributed by atoms with Gasteiger partial charge in [-0.25, -0.2) is 4.98 Å². The van der Waals surface area contributed by atoms with Crippen LogP contribution in [0.25, 0.3) is 21.8 Å². The van der Waals surface area contributed by atoms with Gasteiger partial charge in [-0.05, 0) is 24.3 Å². The second-order valence-corrected chi connectivity index (χ2v) is 4.75. The van der Waals surface area contributed by atoms with E-state index in [9.17, 15) is 4.79 Å². The predicted octanol–water partition coefficient (Wildman–Crippen LogP) is 3.09. The van der Waals surface area contributed by atoms with Crippen LogP contribution in [0.4, 0.5) is 0 Å². The van der Waals surface area contributed by atoms with Gasteiger partial charge < -0.3 is 4.90 Å². The molecule has 0 aliphatic heterocycles. The van der Waals surface area contributed by atoms with E-state index in [1.807, 2.05) is 48.5 Å². The molecule has 0 saturated carbocycles. The number of para-hydroxylation sites is 1. The summed E-state index contributed by atoms with van der Waals surface area (Å²) in [5.74, 6) is 0.00248. The van der Waals surface area contributed by atoms with E-state index >= 15 is 0 Å². The second kappa shape index (κ2) is 4.35. The smallest absolute Gasteiger partial charge is 0.254 e. The van der Waals surface area contributed by atoms with Crippen LogP contribution in [0.1, 0.15) is 10.4 Å². The fourth-order valence-corrected chi connectivity index (χ4v) is 2.23. The Morgan fingerprint density at radius 3 is 2.53 bits per heavy atom. The van der Waals surface area contributed by atoms with Gasteiger partial charge in [0.25, 0.3) is 5.91 Å². The minimum atomic E-state index is 0.00248. The van der Waals surface area contributed by atoms with Gasteiger partial charge in [0.15, 0.2) is 0 Å². The van der Waals surface area contributed by atoms with Gasteiger partial charge in [-0.1, -0.05) is 24.3 Å². The average molecular weight is 250 g/mol. The first-order valence-electron chi connectivity index (χ1n) is 6.17. The minimum absolute atomic E-state index is 0.00248. The topological polar surface area (TPSA) is 33.2 Å². The molecule has 3 rings (SSSR count). The summed E-state index contributed by atoms with van der Waals surface area (Å²) in [6.45, 7) is 0. The first-order chi connectivity index (χ1) is 9.16. The highest BCUT2D eigenvalue weighted by Crippen LogP contribution is 2.23. The molecule has 0 radical (unpaired) electrons. The second-order valence-electron chi connectivity index (χ2n) is 4.75. The number of amides is 1. The lowest BCUT2D eigenvalue weighted by Gasteiger charge is -2.12. The lowest BCUT2D eigenvalue weighted by atomic mass is 10.0. The number of benzene rings is 2. The third-order valence-corrected chi connectivity index (χ3v) is 3.20. The molecule has 0 spiro atoms. The molecule has 0 unspecified atom stereocenters. The van der Waals surface area contributed by atoms with Crippen LogP contribution in [0.5, 0.6) is 0 Å².